The molecule has 2 aromatic carbocycles. The van der Waals surface area contributed by atoms with E-state index < -0.39 is 0 Å². The molecule has 5 rings (SSSR count). The van der Waals surface area contributed by atoms with Gasteiger partial charge in [-0.25, -0.2) is 9.80 Å². The van der Waals surface area contributed by atoms with Crippen LogP contribution < -0.4 is 10.6 Å². The minimum absolute atomic E-state index is 0.0258. The molecule has 37 heavy (non-hydrogen) atoms. The highest BCUT2D eigenvalue weighted by atomic mass is 16.2. The van der Waals surface area contributed by atoms with Crippen LogP contribution in [0.15, 0.2) is 41.5 Å². The van der Waals surface area contributed by atoms with Gasteiger partial charge in [0.1, 0.15) is 0 Å². The number of rotatable bonds is 3. The molecule has 0 atom stereocenters. The van der Waals surface area contributed by atoms with E-state index >= 15 is 0 Å². The molecule has 1 heterocycles. The van der Waals surface area contributed by atoms with Crippen molar-refractivity contribution in [1.29, 1.82) is 0 Å². The number of aryl methyl sites for hydroxylation is 2. The fourth-order valence-electron chi connectivity index (χ4n) is 6.43. The molecule has 0 bridgehead atoms. The summed E-state index contributed by atoms with van der Waals surface area (Å²) in [6, 6.07) is 12.3. The van der Waals surface area contributed by atoms with Crippen LogP contribution in [0.5, 0.6) is 0 Å². The predicted octanol–water partition coefficient (Wildman–Crippen LogP) is 8.64. The van der Waals surface area contributed by atoms with E-state index in [2.05, 4.69) is 26.0 Å². The number of nitrogen functional groups attached to an aromatic ring is 1. The molecule has 1 aliphatic heterocycles. The number of carbonyl (C=O) groups is 1. The lowest BCUT2D eigenvalue weighted by Crippen LogP contribution is -2.43. The van der Waals surface area contributed by atoms with Crippen molar-refractivity contribution in [2.24, 2.45) is 11.0 Å². The van der Waals surface area contributed by atoms with Crippen molar-refractivity contribution >= 4 is 28.8 Å². The highest BCUT2D eigenvalue weighted by Gasteiger charge is 2.37. The first kappa shape index (κ1) is 25.8. The summed E-state index contributed by atoms with van der Waals surface area (Å²) in [5, 5.41) is 7.28. The van der Waals surface area contributed by atoms with Crippen molar-refractivity contribution in [3.05, 3.63) is 53.1 Å². The molecule has 0 radical (unpaired) electrons. The summed E-state index contributed by atoms with van der Waals surface area (Å²) in [7, 11) is 0. The number of hydrazone groups is 1. The number of fused-ring (bicyclic) bond motifs is 1. The standard InChI is InChI=1S/C32H44N4O/c1-23-21-29-30(22-24(23)2)35(27-19-17-26(33)18-20-27)32(37)36(34-31(29)25-13-9-8-10-14-25)28-15-11-6-4-3-5-7-12-16-28/h17-22,25,28H,3-16,33H2,1-2H3. The molecule has 0 aromatic heterocycles. The highest BCUT2D eigenvalue weighted by molar-refractivity contribution is 6.14. The largest absolute Gasteiger partial charge is 0.399 e. The molecule has 0 saturated heterocycles. The van der Waals surface area contributed by atoms with Gasteiger partial charge in [-0.15, -0.1) is 0 Å². The lowest BCUT2D eigenvalue weighted by Gasteiger charge is -2.32. The maximum Gasteiger partial charge on any atom is 0.349 e. The van der Waals surface area contributed by atoms with Gasteiger partial charge >= 0.3 is 6.03 Å². The molecule has 0 unspecified atom stereocenters. The molecule has 2 fully saturated rings. The van der Waals surface area contributed by atoms with Gasteiger partial charge in [0.15, 0.2) is 0 Å². The van der Waals surface area contributed by atoms with Gasteiger partial charge < -0.3 is 5.73 Å². The van der Waals surface area contributed by atoms with E-state index in [0.29, 0.717) is 11.6 Å². The highest BCUT2D eigenvalue weighted by Crippen LogP contribution is 2.40. The monoisotopic (exact) mass is 500 g/mol. The number of benzene rings is 2. The van der Waals surface area contributed by atoms with Crippen LogP contribution in [0.3, 0.4) is 0 Å². The zero-order chi connectivity index (χ0) is 25.8. The van der Waals surface area contributed by atoms with E-state index in [1.807, 2.05) is 34.2 Å². The normalized spacial score (nSPS) is 20.8. The molecule has 2 N–H and O–H groups in total. The Kier molecular flexibility index (Phi) is 8.17. The second-order valence-electron chi connectivity index (χ2n) is 11.5. The molecule has 198 valence electrons. The molecular formula is C32H44N4O. The summed E-state index contributed by atoms with van der Waals surface area (Å²) in [4.78, 5) is 16.5. The summed E-state index contributed by atoms with van der Waals surface area (Å²) in [5.74, 6) is 0.399. The Morgan fingerprint density at radius 1 is 0.757 bits per heavy atom. The van der Waals surface area contributed by atoms with Gasteiger partial charge in [-0.05, 0) is 87.1 Å². The number of amides is 2. The Labute approximate surface area is 223 Å². The second-order valence-corrected chi connectivity index (χ2v) is 11.5. The van der Waals surface area contributed by atoms with Gasteiger partial charge in [0.2, 0.25) is 0 Å². The first-order chi connectivity index (χ1) is 18.0. The number of hydrogen-bond acceptors (Lipinski definition) is 3. The zero-order valence-electron chi connectivity index (χ0n) is 22.8. The minimum atomic E-state index is -0.0258. The van der Waals surface area contributed by atoms with Gasteiger partial charge in [0, 0.05) is 17.2 Å². The Balaban J connectivity index is 1.65. The molecule has 2 aliphatic carbocycles. The van der Waals surface area contributed by atoms with Gasteiger partial charge in [0.25, 0.3) is 0 Å². The van der Waals surface area contributed by atoms with Crippen molar-refractivity contribution in [3.63, 3.8) is 0 Å². The Bertz CT molecular complexity index is 1110. The lowest BCUT2D eigenvalue weighted by molar-refractivity contribution is 0.174. The van der Waals surface area contributed by atoms with E-state index in [9.17, 15) is 4.79 Å². The number of nitrogens with zero attached hydrogens (tertiary/aromatic N) is 3. The van der Waals surface area contributed by atoms with E-state index in [1.165, 1.54) is 62.5 Å². The van der Waals surface area contributed by atoms with Crippen molar-refractivity contribution in [1.82, 2.24) is 5.01 Å². The van der Waals surface area contributed by atoms with Crippen LogP contribution in [0.1, 0.15) is 107 Å². The third kappa shape index (κ3) is 5.71. The number of anilines is 3. The average molecular weight is 501 g/mol. The minimum Gasteiger partial charge on any atom is -0.399 e. The SMILES string of the molecule is Cc1cc2c(cc1C)N(c1ccc(N)cc1)C(=O)N(C1CCCCCCCCC1)N=C2C1CCCCC1. The molecule has 5 heteroatoms. The smallest absolute Gasteiger partial charge is 0.349 e. The predicted molar refractivity (Wildman–Crippen MR) is 155 cm³/mol. The summed E-state index contributed by atoms with van der Waals surface area (Å²) < 4.78 is 0. The van der Waals surface area contributed by atoms with Crippen LogP contribution in [0, 0.1) is 19.8 Å². The van der Waals surface area contributed by atoms with E-state index in [0.717, 1.165) is 61.2 Å². The van der Waals surface area contributed by atoms with Crippen molar-refractivity contribution < 1.29 is 4.79 Å². The molecule has 5 nitrogen and oxygen atoms in total. The Hall–Kier alpha value is -2.82. The van der Waals surface area contributed by atoms with Crippen molar-refractivity contribution in [2.75, 3.05) is 10.6 Å². The van der Waals surface area contributed by atoms with Gasteiger partial charge in [-0.3, -0.25) is 4.90 Å². The number of nitrogens with two attached hydrogens (primary N) is 1. The maximum atomic E-state index is 14.6. The van der Waals surface area contributed by atoms with Crippen LogP contribution in [0.2, 0.25) is 0 Å². The summed E-state index contributed by atoms with van der Waals surface area (Å²) in [5.41, 5.74) is 13.3. The molecular weight excluding hydrogens is 456 g/mol. The van der Waals surface area contributed by atoms with Crippen molar-refractivity contribution in [2.45, 2.75) is 110 Å². The van der Waals surface area contributed by atoms with Gasteiger partial charge in [-0.1, -0.05) is 64.2 Å². The fraction of sp³-hybridized carbons (Fsp3) is 0.562. The quantitative estimate of drug-likeness (QED) is 0.429. The average Bonchev–Trinajstić information content (AvgIpc) is 3.03. The molecule has 0 spiro atoms. The topological polar surface area (TPSA) is 61.9 Å². The Morgan fingerprint density at radius 2 is 1.30 bits per heavy atom. The number of carbonyl (C=O) groups excluding carboxylic acids is 1. The summed E-state index contributed by atoms with van der Waals surface area (Å²) >= 11 is 0. The number of hydrogen-bond donors (Lipinski definition) is 1. The van der Waals surface area contributed by atoms with Crippen LogP contribution in [0.4, 0.5) is 21.9 Å². The van der Waals surface area contributed by atoms with E-state index in [1.54, 1.807) is 0 Å². The fourth-order valence-corrected chi connectivity index (χ4v) is 6.43. The van der Waals surface area contributed by atoms with Crippen molar-refractivity contribution in [3.8, 4) is 0 Å². The van der Waals surface area contributed by atoms with Crippen LogP contribution in [-0.2, 0) is 0 Å². The first-order valence-electron chi connectivity index (χ1n) is 14.7. The third-order valence-corrected chi connectivity index (χ3v) is 8.80. The summed E-state index contributed by atoms with van der Waals surface area (Å²) in [6.45, 7) is 4.32. The lowest BCUT2D eigenvalue weighted by atomic mass is 9.82. The van der Waals surface area contributed by atoms with E-state index in [4.69, 9.17) is 10.8 Å². The number of urea groups is 1. The van der Waals surface area contributed by atoms with Gasteiger partial charge in [-0.2, -0.15) is 5.10 Å². The van der Waals surface area contributed by atoms with Crippen LogP contribution >= 0.6 is 0 Å². The Morgan fingerprint density at radius 3 is 1.95 bits per heavy atom. The molecule has 2 amide bonds. The molecule has 2 saturated carbocycles. The first-order valence-corrected chi connectivity index (χ1v) is 14.7. The maximum absolute atomic E-state index is 14.6. The van der Waals surface area contributed by atoms with Crippen LogP contribution in [0.25, 0.3) is 0 Å². The molecule has 2 aromatic rings. The zero-order valence-corrected chi connectivity index (χ0v) is 22.8. The summed E-state index contributed by atoms with van der Waals surface area (Å²) in [6.07, 6.45) is 16.9. The third-order valence-electron chi connectivity index (χ3n) is 8.80. The van der Waals surface area contributed by atoms with E-state index in [-0.39, 0.29) is 12.1 Å². The van der Waals surface area contributed by atoms with Gasteiger partial charge in [0.05, 0.1) is 23.1 Å². The second kappa shape index (κ2) is 11.7. The molecule has 3 aliphatic rings. The van der Waals surface area contributed by atoms with Crippen LogP contribution in [-0.4, -0.2) is 22.8 Å².